The molecular weight excluding hydrogens is 328 g/mol. The summed E-state index contributed by atoms with van der Waals surface area (Å²) in [7, 11) is 0. The van der Waals surface area contributed by atoms with E-state index in [1.807, 2.05) is 0 Å². The second kappa shape index (κ2) is 6.88. The van der Waals surface area contributed by atoms with Gasteiger partial charge in [0, 0.05) is 12.1 Å². The number of nitro groups is 1. The minimum absolute atomic E-state index is 0.0794. The molecule has 0 aliphatic carbocycles. The summed E-state index contributed by atoms with van der Waals surface area (Å²) < 4.78 is 4.77. The number of carbonyl (C=O) groups excluding carboxylic acids is 2. The molecule has 2 rings (SSSR count). The van der Waals surface area contributed by atoms with Crippen LogP contribution < -0.4 is 10.6 Å². The van der Waals surface area contributed by atoms with E-state index < -0.39 is 29.0 Å². The summed E-state index contributed by atoms with van der Waals surface area (Å²) in [6.07, 6.45) is 0. The lowest BCUT2D eigenvalue weighted by atomic mass is 10.1. The molecule has 0 atom stereocenters. The van der Waals surface area contributed by atoms with Crippen LogP contribution in [0.4, 0.5) is 11.5 Å². The number of nitrogens with zero attached hydrogens (tertiary/aromatic N) is 2. The van der Waals surface area contributed by atoms with Crippen molar-refractivity contribution in [3.05, 3.63) is 50.7 Å². The van der Waals surface area contributed by atoms with E-state index >= 15 is 0 Å². The molecule has 23 heavy (non-hydrogen) atoms. The van der Waals surface area contributed by atoms with Crippen LogP contribution in [0.3, 0.4) is 0 Å². The van der Waals surface area contributed by atoms with Gasteiger partial charge in [-0.05, 0) is 13.0 Å². The number of carbonyl (C=O) groups is 2. The topological polar surface area (TPSA) is 127 Å². The fraction of sp³-hybridized carbons (Fsp3) is 0.154. The van der Waals surface area contributed by atoms with Crippen LogP contribution in [0.2, 0.25) is 5.02 Å². The van der Waals surface area contributed by atoms with Crippen LogP contribution in [0.1, 0.15) is 16.1 Å². The Morgan fingerprint density at radius 2 is 2.17 bits per heavy atom. The summed E-state index contributed by atoms with van der Waals surface area (Å²) in [5.74, 6) is -0.684. The van der Waals surface area contributed by atoms with E-state index in [4.69, 9.17) is 16.1 Å². The van der Waals surface area contributed by atoms with Crippen molar-refractivity contribution in [2.45, 2.75) is 6.92 Å². The van der Waals surface area contributed by atoms with Gasteiger partial charge in [0.25, 0.3) is 11.6 Å². The maximum absolute atomic E-state index is 12.0. The molecule has 2 N–H and O–H groups in total. The van der Waals surface area contributed by atoms with Gasteiger partial charge in [-0.15, -0.1) is 0 Å². The molecule has 120 valence electrons. The van der Waals surface area contributed by atoms with Crippen molar-refractivity contribution in [2.24, 2.45) is 0 Å². The Balaban J connectivity index is 2.02. The van der Waals surface area contributed by atoms with Crippen molar-refractivity contribution in [1.82, 2.24) is 10.5 Å². The second-order valence-electron chi connectivity index (χ2n) is 4.44. The molecule has 0 aliphatic heterocycles. The number of nitro benzene ring substituents is 1. The van der Waals surface area contributed by atoms with E-state index in [0.717, 1.165) is 6.07 Å². The first kappa shape index (κ1) is 16.4. The highest BCUT2D eigenvalue weighted by Gasteiger charge is 2.23. The lowest BCUT2D eigenvalue weighted by Crippen LogP contribution is -2.33. The first-order chi connectivity index (χ1) is 10.9. The largest absolute Gasteiger partial charge is 0.360 e. The highest BCUT2D eigenvalue weighted by Crippen LogP contribution is 2.25. The maximum Gasteiger partial charge on any atom is 0.283 e. The number of aromatic nitrogens is 1. The summed E-state index contributed by atoms with van der Waals surface area (Å²) in [5, 5.41) is 19.1. The van der Waals surface area contributed by atoms with E-state index in [1.165, 1.54) is 18.2 Å². The zero-order valence-electron chi connectivity index (χ0n) is 11.8. The van der Waals surface area contributed by atoms with Crippen LogP contribution in [0.25, 0.3) is 0 Å². The van der Waals surface area contributed by atoms with E-state index in [-0.39, 0.29) is 16.4 Å². The van der Waals surface area contributed by atoms with Crippen LogP contribution in [0.15, 0.2) is 28.8 Å². The summed E-state index contributed by atoms with van der Waals surface area (Å²) in [5.41, 5.74) is -0.744. The second-order valence-corrected chi connectivity index (χ2v) is 4.85. The van der Waals surface area contributed by atoms with Gasteiger partial charge in [0.05, 0.1) is 16.5 Å². The zero-order valence-corrected chi connectivity index (χ0v) is 12.6. The molecule has 0 unspecified atom stereocenters. The van der Waals surface area contributed by atoms with E-state index in [2.05, 4.69) is 15.8 Å². The molecule has 0 saturated carbocycles. The molecule has 0 fully saturated rings. The third-order valence-corrected chi connectivity index (χ3v) is 3.04. The normalized spacial score (nSPS) is 10.2. The number of amides is 2. The number of nitrogens with one attached hydrogen (secondary N) is 2. The molecule has 0 radical (unpaired) electrons. The lowest BCUT2D eigenvalue weighted by Gasteiger charge is -2.07. The molecule has 0 saturated heterocycles. The molecule has 1 aromatic heterocycles. The summed E-state index contributed by atoms with van der Waals surface area (Å²) in [6.45, 7) is 1.24. The minimum Gasteiger partial charge on any atom is -0.360 e. The van der Waals surface area contributed by atoms with Gasteiger partial charge in [-0.1, -0.05) is 22.8 Å². The molecule has 2 amide bonds. The minimum atomic E-state index is -0.825. The van der Waals surface area contributed by atoms with Crippen molar-refractivity contribution in [2.75, 3.05) is 11.9 Å². The molecule has 0 spiro atoms. The number of halogens is 1. The quantitative estimate of drug-likeness (QED) is 0.633. The van der Waals surface area contributed by atoms with Gasteiger partial charge >= 0.3 is 0 Å². The van der Waals surface area contributed by atoms with E-state index in [1.54, 1.807) is 6.92 Å². The Hall–Kier alpha value is -2.94. The molecule has 0 bridgehead atoms. The van der Waals surface area contributed by atoms with Gasteiger partial charge in [0.15, 0.2) is 5.82 Å². The van der Waals surface area contributed by atoms with Gasteiger partial charge in [-0.3, -0.25) is 19.7 Å². The van der Waals surface area contributed by atoms with Crippen LogP contribution in [-0.4, -0.2) is 28.4 Å². The Morgan fingerprint density at radius 3 is 2.78 bits per heavy atom. The van der Waals surface area contributed by atoms with Crippen molar-refractivity contribution in [3.63, 3.8) is 0 Å². The third kappa shape index (κ3) is 4.04. The Bertz CT molecular complexity index is 773. The first-order valence-corrected chi connectivity index (χ1v) is 6.70. The number of hydrogen-bond acceptors (Lipinski definition) is 6. The van der Waals surface area contributed by atoms with Gasteiger partial charge in [0.1, 0.15) is 11.3 Å². The Labute approximate surface area is 134 Å². The molecule has 1 aromatic carbocycles. The number of aryl methyl sites for hydroxylation is 1. The predicted octanol–water partition coefficient (Wildman–Crippen LogP) is 1.91. The number of rotatable bonds is 5. The average molecular weight is 339 g/mol. The highest BCUT2D eigenvalue weighted by atomic mass is 35.5. The Morgan fingerprint density at radius 1 is 1.43 bits per heavy atom. The summed E-state index contributed by atoms with van der Waals surface area (Å²) in [4.78, 5) is 33.9. The first-order valence-electron chi connectivity index (χ1n) is 6.32. The fourth-order valence-electron chi connectivity index (χ4n) is 1.75. The number of anilines is 1. The molecule has 9 nitrogen and oxygen atoms in total. The Kier molecular flexibility index (Phi) is 4.91. The van der Waals surface area contributed by atoms with Gasteiger partial charge in [-0.2, -0.15) is 0 Å². The van der Waals surface area contributed by atoms with Crippen LogP contribution >= 0.6 is 11.6 Å². The zero-order chi connectivity index (χ0) is 17.0. The SMILES string of the molecule is Cc1cc(NC(=O)CNC(=O)c2c(Cl)cccc2[N+](=O)[O-])no1. The summed E-state index contributed by atoms with van der Waals surface area (Å²) >= 11 is 5.83. The number of benzene rings is 1. The van der Waals surface area contributed by atoms with E-state index in [0.29, 0.717) is 5.76 Å². The van der Waals surface area contributed by atoms with Crippen molar-refractivity contribution < 1.29 is 19.0 Å². The van der Waals surface area contributed by atoms with Gasteiger partial charge in [-0.25, -0.2) is 0 Å². The molecule has 1 heterocycles. The highest BCUT2D eigenvalue weighted by molar-refractivity contribution is 6.34. The average Bonchev–Trinajstić information content (AvgIpc) is 2.89. The van der Waals surface area contributed by atoms with Crippen molar-refractivity contribution in [3.8, 4) is 0 Å². The maximum atomic E-state index is 12.0. The van der Waals surface area contributed by atoms with Gasteiger partial charge in [0.2, 0.25) is 5.91 Å². The number of hydrogen-bond donors (Lipinski definition) is 2. The smallest absolute Gasteiger partial charge is 0.283 e. The van der Waals surface area contributed by atoms with Crippen molar-refractivity contribution >= 4 is 34.9 Å². The van der Waals surface area contributed by atoms with Gasteiger partial charge < -0.3 is 15.2 Å². The van der Waals surface area contributed by atoms with Crippen LogP contribution in [0, 0.1) is 17.0 Å². The van der Waals surface area contributed by atoms with Crippen LogP contribution in [-0.2, 0) is 4.79 Å². The summed E-state index contributed by atoms with van der Waals surface area (Å²) in [6, 6.07) is 5.36. The van der Waals surface area contributed by atoms with Crippen molar-refractivity contribution in [1.29, 1.82) is 0 Å². The molecule has 2 aromatic rings. The standard InChI is InChI=1S/C13H11ClN4O5/c1-7-5-10(17-23-7)16-11(19)6-15-13(20)12-8(14)3-2-4-9(12)18(21)22/h2-5H,6H2,1H3,(H,15,20)(H,16,17,19). The predicted molar refractivity (Wildman–Crippen MR) is 80.3 cm³/mol. The van der Waals surface area contributed by atoms with Crippen LogP contribution in [0.5, 0.6) is 0 Å². The third-order valence-electron chi connectivity index (χ3n) is 2.72. The molecular formula is C13H11ClN4O5. The van der Waals surface area contributed by atoms with E-state index in [9.17, 15) is 19.7 Å². The monoisotopic (exact) mass is 338 g/mol. The molecule has 10 heteroatoms. The molecule has 0 aliphatic rings. The lowest BCUT2D eigenvalue weighted by molar-refractivity contribution is -0.385. The fourth-order valence-corrected chi connectivity index (χ4v) is 2.01.